The summed E-state index contributed by atoms with van der Waals surface area (Å²) in [5.41, 5.74) is 1.10. The van der Waals surface area contributed by atoms with Gasteiger partial charge in [-0.3, -0.25) is 4.79 Å². The Balaban J connectivity index is 3.34. The first-order chi connectivity index (χ1) is 9.20. The molecule has 1 aromatic carbocycles. The van der Waals surface area contributed by atoms with Crippen LogP contribution in [0.25, 0.3) is 0 Å². The summed E-state index contributed by atoms with van der Waals surface area (Å²) in [7, 11) is 2.94. The highest BCUT2D eigenvalue weighted by atomic mass is 35.5. The molecular weight excluding hydrogens is 302 g/mol. The molecule has 0 aliphatic heterocycles. The lowest BCUT2D eigenvalue weighted by Crippen LogP contribution is -2.23. The van der Waals surface area contributed by atoms with Gasteiger partial charge in [-0.15, -0.1) is 11.6 Å². The van der Waals surface area contributed by atoms with Gasteiger partial charge in [0.25, 0.3) is 0 Å². The number of benzene rings is 1. The van der Waals surface area contributed by atoms with Crippen LogP contribution in [0.2, 0.25) is 0 Å². The van der Waals surface area contributed by atoms with Crippen LogP contribution < -0.4 is 10.2 Å². The molecule has 20 heavy (non-hydrogen) atoms. The topological polar surface area (TPSA) is 69.7 Å². The zero-order chi connectivity index (χ0) is 15.5. The molecule has 1 N–H and O–H groups in total. The highest BCUT2D eigenvalue weighted by molar-refractivity contribution is 7.89. The smallest absolute Gasteiger partial charge is 0.242 e. The lowest BCUT2D eigenvalue weighted by Gasteiger charge is -2.19. The predicted octanol–water partition coefficient (Wildman–Crippen LogP) is 1.18. The zero-order valence-corrected chi connectivity index (χ0v) is 13.4. The molecule has 0 fully saturated rings. The fourth-order valence-corrected chi connectivity index (χ4v) is 2.56. The summed E-state index contributed by atoms with van der Waals surface area (Å²) in [6.07, 6.45) is 0. The molecule has 0 saturated heterocycles. The third-order valence-electron chi connectivity index (χ3n) is 2.62. The van der Waals surface area contributed by atoms with E-state index in [1.165, 1.54) is 26.2 Å². The highest BCUT2D eigenvalue weighted by Gasteiger charge is 2.19. The van der Waals surface area contributed by atoms with E-state index in [4.69, 9.17) is 11.6 Å². The van der Waals surface area contributed by atoms with E-state index in [1.807, 2.05) is 0 Å². The van der Waals surface area contributed by atoms with Crippen molar-refractivity contribution in [3.8, 4) is 0 Å². The minimum Gasteiger partial charge on any atom is -0.376 e. The molecule has 0 radical (unpaired) electrons. The summed E-state index contributed by atoms with van der Waals surface area (Å²) in [5, 5.41) is 2.60. The predicted molar refractivity (Wildman–Crippen MR) is 81.0 cm³/mol. The first-order valence-electron chi connectivity index (χ1n) is 5.80. The van der Waals surface area contributed by atoms with Gasteiger partial charge in [-0.1, -0.05) is 0 Å². The number of hydrogen-bond donors (Lipinski definition) is 1. The molecule has 0 heterocycles. The molecule has 1 rings (SSSR count). The average Bonchev–Trinajstić information content (AvgIpc) is 2.37. The summed E-state index contributed by atoms with van der Waals surface area (Å²) >= 11 is 5.46. The van der Waals surface area contributed by atoms with Crippen molar-refractivity contribution in [3.63, 3.8) is 0 Å². The molecule has 0 spiro atoms. The van der Waals surface area contributed by atoms with Crippen LogP contribution in [-0.2, 0) is 14.8 Å². The number of nitrogens with one attached hydrogen (secondary N) is 1. The van der Waals surface area contributed by atoms with Gasteiger partial charge in [0, 0.05) is 28.2 Å². The van der Waals surface area contributed by atoms with E-state index < -0.39 is 15.9 Å². The van der Waals surface area contributed by atoms with Crippen LogP contribution >= 0.6 is 11.6 Å². The van der Waals surface area contributed by atoms with E-state index in [-0.39, 0.29) is 10.8 Å². The first-order valence-corrected chi connectivity index (χ1v) is 7.77. The number of alkyl halides is 1. The van der Waals surface area contributed by atoms with Crippen molar-refractivity contribution in [2.75, 3.05) is 44.3 Å². The number of halogens is 1. The van der Waals surface area contributed by atoms with Crippen molar-refractivity contribution < 1.29 is 13.2 Å². The summed E-state index contributed by atoms with van der Waals surface area (Å²) in [6, 6.07) is 4.57. The molecule has 0 unspecified atom stereocenters. The third-order valence-corrected chi connectivity index (χ3v) is 4.68. The second kappa shape index (κ2) is 6.43. The van der Waals surface area contributed by atoms with Crippen LogP contribution in [0, 0.1) is 0 Å². The quantitative estimate of drug-likeness (QED) is 0.827. The Bertz CT molecular complexity index is 600. The molecule has 6 nitrogen and oxygen atoms in total. The number of carbonyl (C=O) groups is 1. The maximum atomic E-state index is 12.1. The van der Waals surface area contributed by atoms with Crippen molar-refractivity contribution >= 4 is 38.9 Å². The molecule has 1 aromatic rings. The number of amides is 1. The Labute approximate surface area is 124 Å². The zero-order valence-electron chi connectivity index (χ0n) is 11.8. The molecular formula is C12H18ClN3O3S. The molecule has 0 saturated carbocycles. The summed E-state index contributed by atoms with van der Waals surface area (Å²) < 4.78 is 25.3. The van der Waals surface area contributed by atoms with Gasteiger partial charge in [0.05, 0.1) is 16.3 Å². The van der Waals surface area contributed by atoms with Gasteiger partial charge in [-0.25, -0.2) is 12.7 Å². The van der Waals surface area contributed by atoms with Crippen molar-refractivity contribution in [2.45, 2.75) is 4.90 Å². The fourth-order valence-electron chi connectivity index (χ4n) is 1.56. The number of hydrogen-bond acceptors (Lipinski definition) is 4. The largest absolute Gasteiger partial charge is 0.376 e. The second-order valence-corrected chi connectivity index (χ2v) is 6.96. The Kier molecular flexibility index (Phi) is 5.38. The van der Waals surface area contributed by atoms with Crippen molar-refractivity contribution in [2.24, 2.45) is 0 Å². The summed E-state index contributed by atoms with van der Waals surface area (Å²) in [4.78, 5) is 13.3. The van der Waals surface area contributed by atoms with Crippen LogP contribution in [-0.4, -0.2) is 52.7 Å². The highest BCUT2D eigenvalue weighted by Crippen LogP contribution is 2.28. The lowest BCUT2D eigenvalue weighted by molar-refractivity contribution is -0.113. The van der Waals surface area contributed by atoms with Crippen LogP contribution in [0.1, 0.15) is 0 Å². The Hall–Kier alpha value is -1.31. The summed E-state index contributed by atoms with van der Waals surface area (Å²) in [6.45, 7) is 0. The van der Waals surface area contributed by atoms with E-state index in [2.05, 4.69) is 5.32 Å². The summed E-state index contributed by atoms with van der Waals surface area (Å²) in [5.74, 6) is -0.591. The van der Waals surface area contributed by atoms with E-state index >= 15 is 0 Å². The number of anilines is 2. The average molecular weight is 320 g/mol. The molecule has 0 atom stereocenters. The Morgan fingerprint density at radius 3 is 2.30 bits per heavy atom. The van der Waals surface area contributed by atoms with Gasteiger partial charge in [0.2, 0.25) is 15.9 Å². The van der Waals surface area contributed by atoms with Gasteiger partial charge in [-0.05, 0) is 18.2 Å². The van der Waals surface area contributed by atoms with Crippen molar-refractivity contribution in [3.05, 3.63) is 18.2 Å². The second-order valence-electron chi connectivity index (χ2n) is 4.54. The van der Waals surface area contributed by atoms with E-state index in [9.17, 15) is 13.2 Å². The van der Waals surface area contributed by atoms with Crippen LogP contribution in [0.15, 0.2) is 23.1 Å². The van der Waals surface area contributed by atoms with E-state index in [1.54, 1.807) is 25.1 Å². The van der Waals surface area contributed by atoms with Crippen LogP contribution in [0.5, 0.6) is 0 Å². The number of rotatable bonds is 5. The fraction of sp³-hybridized carbons (Fsp3) is 0.417. The molecule has 112 valence electrons. The standard InChI is InChI=1S/C12H18ClN3O3S/c1-15(2)11-6-5-9(20(18,19)16(3)4)7-10(11)14-12(17)8-13/h5-7H,8H2,1-4H3,(H,14,17). The molecule has 8 heteroatoms. The van der Waals surface area contributed by atoms with E-state index in [0.29, 0.717) is 11.4 Å². The first kappa shape index (κ1) is 16.7. The number of nitrogens with zero attached hydrogens (tertiary/aromatic N) is 2. The minimum atomic E-state index is -3.55. The van der Waals surface area contributed by atoms with Gasteiger partial charge in [0.15, 0.2) is 0 Å². The molecule has 0 aliphatic rings. The van der Waals surface area contributed by atoms with Crippen molar-refractivity contribution in [1.82, 2.24) is 4.31 Å². The van der Waals surface area contributed by atoms with Crippen LogP contribution in [0.3, 0.4) is 0 Å². The molecule has 0 aliphatic carbocycles. The van der Waals surface area contributed by atoms with Gasteiger partial charge < -0.3 is 10.2 Å². The molecule has 1 amide bonds. The van der Waals surface area contributed by atoms with Gasteiger partial charge in [0.1, 0.15) is 5.88 Å². The lowest BCUT2D eigenvalue weighted by atomic mass is 10.2. The van der Waals surface area contributed by atoms with Crippen molar-refractivity contribution in [1.29, 1.82) is 0 Å². The minimum absolute atomic E-state index is 0.109. The number of carbonyl (C=O) groups excluding carboxylic acids is 1. The molecule has 0 bridgehead atoms. The monoisotopic (exact) mass is 319 g/mol. The maximum Gasteiger partial charge on any atom is 0.242 e. The van der Waals surface area contributed by atoms with E-state index in [0.717, 1.165) is 4.31 Å². The van der Waals surface area contributed by atoms with Gasteiger partial charge in [-0.2, -0.15) is 0 Å². The number of sulfonamides is 1. The normalized spacial score (nSPS) is 11.5. The SMILES string of the molecule is CN(C)c1ccc(S(=O)(=O)N(C)C)cc1NC(=O)CCl. The third kappa shape index (κ3) is 3.62. The Morgan fingerprint density at radius 2 is 1.85 bits per heavy atom. The maximum absolute atomic E-state index is 12.1. The Morgan fingerprint density at radius 1 is 1.25 bits per heavy atom. The van der Waals surface area contributed by atoms with Crippen LogP contribution in [0.4, 0.5) is 11.4 Å². The van der Waals surface area contributed by atoms with Gasteiger partial charge >= 0.3 is 0 Å². The molecule has 0 aromatic heterocycles.